The van der Waals surface area contributed by atoms with Crippen molar-refractivity contribution in [2.45, 2.75) is 25.9 Å². The van der Waals surface area contributed by atoms with E-state index in [-0.39, 0.29) is 24.0 Å². The highest BCUT2D eigenvalue weighted by molar-refractivity contribution is 14.0. The lowest BCUT2D eigenvalue weighted by Crippen LogP contribution is -2.42. The maximum Gasteiger partial charge on any atom is 0.194 e. The Bertz CT molecular complexity index is 494. The molecular weight excluding hydrogens is 393 g/mol. The van der Waals surface area contributed by atoms with E-state index in [4.69, 9.17) is 4.52 Å². The van der Waals surface area contributed by atoms with E-state index < -0.39 is 0 Å². The smallest absolute Gasteiger partial charge is 0.194 e. The Kier molecular flexibility index (Phi) is 6.69. The predicted molar refractivity (Wildman–Crippen MR) is 97.4 cm³/mol. The Morgan fingerprint density at radius 3 is 2.95 bits per heavy atom. The summed E-state index contributed by atoms with van der Waals surface area (Å²) in [7, 11) is 0. The fourth-order valence-corrected chi connectivity index (χ4v) is 2.93. The zero-order valence-corrected chi connectivity index (χ0v) is 15.3. The van der Waals surface area contributed by atoms with Gasteiger partial charge >= 0.3 is 0 Å². The van der Waals surface area contributed by atoms with Crippen molar-refractivity contribution in [3.63, 3.8) is 0 Å². The Hall–Kier alpha value is -1.09. The molecule has 1 aromatic rings. The average Bonchev–Trinajstić information content (AvgIpc) is 3.25. The molecule has 1 atom stereocenters. The van der Waals surface area contributed by atoms with Gasteiger partial charge < -0.3 is 14.7 Å². The first kappa shape index (κ1) is 17.3. The minimum absolute atomic E-state index is 0. The predicted octanol–water partition coefficient (Wildman–Crippen LogP) is 1.70. The summed E-state index contributed by atoms with van der Waals surface area (Å²) in [6.45, 7) is 7.83. The normalized spacial score (nSPS) is 22.1. The minimum atomic E-state index is 0. The number of aliphatic imine (C=N–C) groups is 1. The molecule has 0 saturated carbocycles. The van der Waals surface area contributed by atoms with Crippen LogP contribution in [-0.2, 0) is 6.54 Å². The van der Waals surface area contributed by atoms with Crippen molar-refractivity contribution in [2.24, 2.45) is 4.99 Å². The van der Waals surface area contributed by atoms with Crippen LogP contribution in [0.25, 0.3) is 0 Å². The molecule has 7 heteroatoms. The van der Waals surface area contributed by atoms with Gasteiger partial charge in [-0.25, -0.2) is 4.99 Å². The first-order chi connectivity index (χ1) is 10.4. The molecule has 0 aliphatic carbocycles. The second kappa shape index (κ2) is 8.52. The van der Waals surface area contributed by atoms with Crippen molar-refractivity contribution in [1.29, 1.82) is 0 Å². The first-order valence-electron chi connectivity index (χ1n) is 7.68. The van der Waals surface area contributed by atoms with Gasteiger partial charge in [0.25, 0.3) is 0 Å². The second-order valence-electron chi connectivity index (χ2n) is 5.47. The van der Waals surface area contributed by atoms with E-state index in [1.165, 1.54) is 6.42 Å². The summed E-state index contributed by atoms with van der Waals surface area (Å²) in [5.74, 6) is 0.982. The number of halogens is 1. The molecule has 6 nitrogen and oxygen atoms in total. The molecule has 1 saturated heterocycles. The Balaban J connectivity index is 0.00000176. The standard InChI is InChI=1S/C15H23N5O.HI/c1-2-16-15(17-11-13-6-10-21-18-13)20-9-5-14(12-20)19-7-3-4-8-19;/h3-4,6,10,14H,2,5,7-9,11-12H2,1H3,(H,16,17);1H. The van der Waals surface area contributed by atoms with Crippen LogP contribution in [0.2, 0.25) is 0 Å². The SMILES string of the molecule is CCNC(=NCc1ccon1)N1CCC(N2CC=CC2)C1.I. The quantitative estimate of drug-likeness (QED) is 0.350. The van der Waals surface area contributed by atoms with Crippen molar-refractivity contribution >= 4 is 29.9 Å². The van der Waals surface area contributed by atoms with E-state index in [1.54, 1.807) is 6.26 Å². The van der Waals surface area contributed by atoms with Gasteiger partial charge in [-0.15, -0.1) is 24.0 Å². The molecule has 1 fully saturated rings. The molecule has 1 unspecified atom stereocenters. The molecule has 0 spiro atoms. The van der Waals surface area contributed by atoms with E-state index in [9.17, 15) is 0 Å². The van der Waals surface area contributed by atoms with Gasteiger partial charge in [0.15, 0.2) is 5.96 Å². The summed E-state index contributed by atoms with van der Waals surface area (Å²) in [5, 5.41) is 7.29. The number of guanidine groups is 1. The van der Waals surface area contributed by atoms with E-state index in [2.05, 4.69) is 44.3 Å². The van der Waals surface area contributed by atoms with Crippen molar-refractivity contribution in [3.05, 3.63) is 30.2 Å². The fraction of sp³-hybridized carbons (Fsp3) is 0.600. The van der Waals surface area contributed by atoms with Gasteiger partial charge in [-0.3, -0.25) is 4.90 Å². The van der Waals surface area contributed by atoms with Gasteiger partial charge in [-0.1, -0.05) is 17.3 Å². The van der Waals surface area contributed by atoms with Crippen LogP contribution in [0.4, 0.5) is 0 Å². The zero-order chi connectivity index (χ0) is 14.5. The van der Waals surface area contributed by atoms with Gasteiger partial charge in [-0.2, -0.15) is 0 Å². The molecule has 0 amide bonds. The molecule has 22 heavy (non-hydrogen) atoms. The van der Waals surface area contributed by atoms with Crippen LogP contribution >= 0.6 is 24.0 Å². The molecule has 0 aromatic carbocycles. The number of aromatic nitrogens is 1. The average molecular weight is 417 g/mol. The number of nitrogens with one attached hydrogen (secondary N) is 1. The highest BCUT2D eigenvalue weighted by atomic mass is 127. The van der Waals surface area contributed by atoms with E-state index in [0.29, 0.717) is 12.6 Å². The first-order valence-corrected chi connectivity index (χ1v) is 7.68. The number of likely N-dealkylation sites (tertiary alicyclic amines) is 1. The molecule has 3 rings (SSSR count). The summed E-state index contributed by atoms with van der Waals surface area (Å²) in [6, 6.07) is 2.49. The number of hydrogen-bond donors (Lipinski definition) is 1. The van der Waals surface area contributed by atoms with Gasteiger partial charge in [0.2, 0.25) is 0 Å². The molecule has 1 N–H and O–H groups in total. The Labute approximate surface area is 148 Å². The number of hydrogen-bond acceptors (Lipinski definition) is 4. The van der Waals surface area contributed by atoms with Gasteiger partial charge in [0.05, 0.1) is 6.54 Å². The molecule has 2 aliphatic rings. The Morgan fingerprint density at radius 1 is 1.45 bits per heavy atom. The van der Waals surface area contributed by atoms with E-state index >= 15 is 0 Å². The largest absolute Gasteiger partial charge is 0.364 e. The zero-order valence-electron chi connectivity index (χ0n) is 12.9. The van der Waals surface area contributed by atoms with Crippen LogP contribution in [-0.4, -0.2) is 59.7 Å². The van der Waals surface area contributed by atoms with Crippen molar-refractivity contribution < 1.29 is 4.52 Å². The van der Waals surface area contributed by atoms with Crippen LogP contribution in [0.1, 0.15) is 19.0 Å². The Morgan fingerprint density at radius 2 is 2.27 bits per heavy atom. The summed E-state index contributed by atoms with van der Waals surface area (Å²) in [4.78, 5) is 9.56. The molecule has 122 valence electrons. The third-order valence-electron chi connectivity index (χ3n) is 4.04. The third-order valence-corrected chi connectivity index (χ3v) is 4.04. The van der Waals surface area contributed by atoms with E-state index in [1.807, 2.05) is 6.07 Å². The van der Waals surface area contributed by atoms with Gasteiger partial charge in [0.1, 0.15) is 12.0 Å². The monoisotopic (exact) mass is 417 g/mol. The molecule has 2 aliphatic heterocycles. The van der Waals surface area contributed by atoms with Crippen LogP contribution in [0.15, 0.2) is 34.0 Å². The lowest BCUT2D eigenvalue weighted by atomic mass is 10.2. The summed E-state index contributed by atoms with van der Waals surface area (Å²) in [5.41, 5.74) is 0.866. The lowest BCUT2D eigenvalue weighted by Gasteiger charge is -2.25. The maximum atomic E-state index is 4.85. The maximum absolute atomic E-state index is 4.85. The van der Waals surface area contributed by atoms with Crippen molar-refractivity contribution in [3.8, 4) is 0 Å². The highest BCUT2D eigenvalue weighted by Crippen LogP contribution is 2.18. The molecule has 0 bridgehead atoms. The van der Waals surface area contributed by atoms with Crippen molar-refractivity contribution in [2.75, 3.05) is 32.7 Å². The van der Waals surface area contributed by atoms with Crippen LogP contribution < -0.4 is 5.32 Å². The lowest BCUT2D eigenvalue weighted by molar-refractivity contribution is 0.259. The van der Waals surface area contributed by atoms with Crippen LogP contribution in [0.3, 0.4) is 0 Å². The number of nitrogens with zero attached hydrogens (tertiary/aromatic N) is 4. The molecule has 0 radical (unpaired) electrons. The van der Waals surface area contributed by atoms with Gasteiger partial charge in [0, 0.05) is 44.8 Å². The van der Waals surface area contributed by atoms with Crippen LogP contribution in [0, 0.1) is 0 Å². The summed E-state index contributed by atoms with van der Waals surface area (Å²) >= 11 is 0. The topological polar surface area (TPSA) is 56.9 Å². The van der Waals surface area contributed by atoms with Crippen molar-refractivity contribution in [1.82, 2.24) is 20.3 Å². The highest BCUT2D eigenvalue weighted by Gasteiger charge is 2.29. The van der Waals surface area contributed by atoms with Gasteiger partial charge in [-0.05, 0) is 13.3 Å². The fourth-order valence-electron chi connectivity index (χ4n) is 2.93. The summed E-state index contributed by atoms with van der Waals surface area (Å²) < 4.78 is 4.85. The molecular formula is C15H24IN5O. The summed E-state index contributed by atoms with van der Waals surface area (Å²) in [6.07, 6.45) is 7.30. The number of rotatable bonds is 4. The second-order valence-corrected chi connectivity index (χ2v) is 5.47. The molecule has 3 heterocycles. The van der Waals surface area contributed by atoms with Crippen LogP contribution in [0.5, 0.6) is 0 Å². The third kappa shape index (κ3) is 4.22. The minimum Gasteiger partial charge on any atom is -0.364 e. The molecule has 1 aromatic heterocycles. The van der Waals surface area contributed by atoms with E-state index in [0.717, 1.165) is 44.4 Å².